The minimum Gasteiger partial charge on any atom is -0.357 e. The average Bonchev–Trinajstić information content (AvgIpc) is 2.73. The molecule has 90 valence electrons. The molecule has 0 radical (unpaired) electrons. The van der Waals surface area contributed by atoms with Crippen molar-refractivity contribution in [1.29, 1.82) is 0 Å². The van der Waals surface area contributed by atoms with Crippen LogP contribution in [0.4, 0.5) is 5.82 Å². The van der Waals surface area contributed by atoms with Gasteiger partial charge < -0.3 is 10.6 Å². The lowest BCUT2D eigenvalue weighted by molar-refractivity contribution is 0.497. The zero-order chi connectivity index (χ0) is 11.8. The highest BCUT2D eigenvalue weighted by atomic mass is 15.3. The molecule has 0 spiro atoms. The summed E-state index contributed by atoms with van der Waals surface area (Å²) < 4.78 is 2.00. The maximum absolute atomic E-state index is 5.93. The van der Waals surface area contributed by atoms with Crippen LogP contribution in [0.15, 0.2) is 12.3 Å². The van der Waals surface area contributed by atoms with Crippen molar-refractivity contribution in [2.24, 2.45) is 5.73 Å². The summed E-state index contributed by atoms with van der Waals surface area (Å²) in [4.78, 5) is 6.54. The van der Waals surface area contributed by atoms with E-state index in [4.69, 9.17) is 5.73 Å². The molecule has 0 bridgehead atoms. The van der Waals surface area contributed by atoms with E-state index in [2.05, 4.69) is 20.1 Å². The molecule has 6 nitrogen and oxygen atoms in total. The molecule has 6 heteroatoms. The fourth-order valence-electron chi connectivity index (χ4n) is 2.32. The molecule has 0 atom stereocenters. The van der Waals surface area contributed by atoms with Crippen molar-refractivity contribution >= 4 is 11.6 Å². The normalized spacial score (nSPS) is 17.9. The Morgan fingerprint density at radius 3 is 2.82 bits per heavy atom. The van der Waals surface area contributed by atoms with Gasteiger partial charge in [0.1, 0.15) is 11.6 Å². The van der Waals surface area contributed by atoms with Crippen LogP contribution in [0.5, 0.6) is 0 Å². The minimum atomic E-state index is 0.339. The number of aromatic nitrogens is 4. The summed E-state index contributed by atoms with van der Waals surface area (Å²) in [5.74, 6) is 2.65. The van der Waals surface area contributed by atoms with Crippen LogP contribution < -0.4 is 10.6 Å². The highest BCUT2D eigenvalue weighted by Gasteiger charge is 2.19. The first-order valence-electron chi connectivity index (χ1n) is 5.93. The highest BCUT2D eigenvalue weighted by molar-refractivity contribution is 5.47. The Kier molecular flexibility index (Phi) is 2.44. The Labute approximate surface area is 99.5 Å². The van der Waals surface area contributed by atoms with E-state index < -0.39 is 0 Å². The van der Waals surface area contributed by atoms with Crippen LogP contribution in [-0.4, -0.2) is 38.7 Å². The number of aryl methyl sites for hydroxylation is 1. The lowest BCUT2D eigenvalue weighted by atomic mass is 10.1. The Hall–Kier alpha value is -1.69. The first-order valence-corrected chi connectivity index (χ1v) is 5.93. The average molecular weight is 232 g/mol. The van der Waals surface area contributed by atoms with Crippen molar-refractivity contribution in [3.63, 3.8) is 0 Å². The van der Waals surface area contributed by atoms with Crippen LogP contribution in [0.25, 0.3) is 5.78 Å². The Bertz CT molecular complexity index is 526. The number of anilines is 1. The van der Waals surface area contributed by atoms with Crippen LogP contribution in [0.1, 0.15) is 18.7 Å². The molecule has 17 heavy (non-hydrogen) atoms. The van der Waals surface area contributed by atoms with E-state index in [1.165, 1.54) is 0 Å². The molecular weight excluding hydrogens is 216 g/mol. The second-order valence-corrected chi connectivity index (χ2v) is 4.51. The smallest absolute Gasteiger partial charge is 0.256 e. The molecule has 1 aliphatic heterocycles. The molecule has 2 aromatic rings. The quantitative estimate of drug-likeness (QED) is 0.768. The monoisotopic (exact) mass is 232 g/mol. The van der Waals surface area contributed by atoms with Crippen LogP contribution in [0.3, 0.4) is 0 Å². The molecule has 2 N–H and O–H groups in total. The van der Waals surface area contributed by atoms with E-state index in [-0.39, 0.29) is 0 Å². The lowest BCUT2D eigenvalue weighted by Gasteiger charge is -2.32. The van der Waals surface area contributed by atoms with Gasteiger partial charge in [-0.05, 0) is 25.8 Å². The van der Waals surface area contributed by atoms with E-state index in [1.54, 1.807) is 6.20 Å². The van der Waals surface area contributed by atoms with Crippen molar-refractivity contribution in [3.8, 4) is 0 Å². The molecule has 1 saturated heterocycles. The third kappa shape index (κ3) is 1.74. The van der Waals surface area contributed by atoms with Crippen molar-refractivity contribution in [1.82, 2.24) is 19.6 Å². The van der Waals surface area contributed by atoms with Gasteiger partial charge >= 0.3 is 0 Å². The predicted octanol–water partition coefficient (Wildman–Crippen LogP) is 0.360. The standard InChI is InChI=1S/C11H16N6/c1-8-14-15-11-13-5-2-10(17(8)11)16-6-3-9(12)4-7-16/h2,5,9H,3-4,6-7,12H2,1H3. The van der Waals surface area contributed by atoms with E-state index in [0.29, 0.717) is 11.8 Å². The Balaban J connectivity index is 2.02. The topological polar surface area (TPSA) is 72.3 Å². The van der Waals surface area contributed by atoms with Crippen LogP contribution >= 0.6 is 0 Å². The van der Waals surface area contributed by atoms with Crippen molar-refractivity contribution < 1.29 is 0 Å². The highest BCUT2D eigenvalue weighted by Crippen LogP contribution is 2.20. The van der Waals surface area contributed by atoms with E-state index in [9.17, 15) is 0 Å². The van der Waals surface area contributed by atoms with Crippen LogP contribution in [0.2, 0.25) is 0 Å². The van der Waals surface area contributed by atoms with Gasteiger partial charge in [-0.3, -0.25) is 0 Å². The maximum atomic E-state index is 5.93. The number of fused-ring (bicyclic) bond motifs is 1. The molecule has 0 aromatic carbocycles. The number of hydrogen-bond acceptors (Lipinski definition) is 5. The minimum absolute atomic E-state index is 0.339. The molecule has 3 rings (SSSR count). The Morgan fingerprint density at radius 2 is 2.06 bits per heavy atom. The molecule has 1 fully saturated rings. The molecule has 0 amide bonds. The fourth-order valence-corrected chi connectivity index (χ4v) is 2.32. The Morgan fingerprint density at radius 1 is 1.29 bits per heavy atom. The van der Waals surface area contributed by atoms with Gasteiger partial charge in [0, 0.05) is 25.3 Å². The van der Waals surface area contributed by atoms with E-state index >= 15 is 0 Å². The summed E-state index contributed by atoms with van der Waals surface area (Å²) in [7, 11) is 0. The van der Waals surface area contributed by atoms with Crippen LogP contribution in [0, 0.1) is 6.92 Å². The van der Waals surface area contributed by atoms with Gasteiger partial charge in [-0.25, -0.2) is 9.38 Å². The largest absolute Gasteiger partial charge is 0.357 e. The molecule has 0 unspecified atom stereocenters. The maximum Gasteiger partial charge on any atom is 0.256 e. The number of nitrogens with zero attached hydrogens (tertiary/aromatic N) is 5. The van der Waals surface area contributed by atoms with Crippen molar-refractivity contribution in [2.45, 2.75) is 25.8 Å². The number of hydrogen-bond donors (Lipinski definition) is 1. The zero-order valence-corrected chi connectivity index (χ0v) is 9.87. The second-order valence-electron chi connectivity index (χ2n) is 4.51. The van der Waals surface area contributed by atoms with E-state index in [1.807, 2.05) is 17.4 Å². The van der Waals surface area contributed by atoms with E-state index in [0.717, 1.165) is 37.6 Å². The molecule has 0 saturated carbocycles. The van der Waals surface area contributed by atoms with Gasteiger partial charge in [-0.2, -0.15) is 0 Å². The fraction of sp³-hybridized carbons (Fsp3) is 0.545. The molecule has 0 aliphatic carbocycles. The number of rotatable bonds is 1. The van der Waals surface area contributed by atoms with Crippen molar-refractivity contribution in [3.05, 3.63) is 18.1 Å². The first-order chi connectivity index (χ1) is 8.25. The number of nitrogens with two attached hydrogens (primary N) is 1. The molecular formula is C11H16N6. The van der Waals surface area contributed by atoms with Gasteiger partial charge in [0.05, 0.1) is 0 Å². The second kappa shape index (κ2) is 3.96. The number of piperidine rings is 1. The van der Waals surface area contributed by atoms with Gasteiger partial charge in [0.2, 0.25) is 0 Å². The summed E-state index contributed by atoms with van der Waals surface area (Å²) in [5.41, 5.74) is 5.93. The third-order valence-corrected chi connectivity index (χ3v) is 3.31. The third-order valence-electron chi connectivity index (χ3n) is 3.31. The molecule has 2 aromatic heterocycles. The summed E-state index contributed by atoms with van der Waals surface area (Å²) in [6.07, 6.45) is 3.85. The van der Waals surface area contributed by atoms with Crippen LogP contribution in [-0.2, 0) is 0 Å². The predicted molar refractivity (Wildman–Crippen MR) is 64.9 cm³/mol. The first kappa shape index (κ1) is 10.5. The van der Waals surface area contributed by atoms with Gasteiger partial charge in [0.15, 0.2) is 0 Å². The summed E-state index contributed by atoms with van der Waals surface area (Å²) in [5, 5.41) is 8.10. The SMILES string of the molecule is Cc1nnc2nccc(N3CCC(N)CC3)n12. The summed E-state index contributed by atoms with van der Waals surface area (Å²) >= 11 is 0. The molecule has 1 aliphatic rings. The molecule has 3 heterocycles. The van der Waals surface area contributed by atoms with Gasteiger partial charge in [-0.15, -0.1) is 10.2 Å². The van der Waals surface area contributed by atoms with Gasteiger partial charge in [-0.1, -0.05) is 0 Å². The summed E-state index contributed by atoms with van der Waals surface area (Å²) in [6, 6.07) is 2.35. The lowest BCUT2D eigenvalue weighted by Crippen LogP contribution is -2.40. The van der Waals surface area contributed by atoms with Gasteiger partial charge in [0.25, 0.3) is 5.78 Å². The summed E-state index contributed by atoms with van der Waals surface area (Å²) in [6.45, 7) is 3.91. The van der Waals surface area contributed by atoms with Crippen molar-refractivity contribution in [2.75, 3.05) is 18.0 Å². The zero-order valence-electron chi connectivity index (χ0n) is 9.87.